The largest absolute Gasteiger partial charge is 0.438 e. The van der Waals surface area contributed by atoms with Crippen LogP contribution in [0.15, 0.2) is 48.7 Å². The van der Waals surface area contributed by atoms with Crippen LogP contribution in [-0.4, -0.2) is 31.7 Å². The van der Waals surface area contributed by atoms with Gasteiger partial charge in [0.15, 0.2) is 0 Å². The van der Waals surface area contributed by atoms with Crippen LogP contribution in [0.2, 0.25) is 0 Å². The number of pyridine rings is 1. The van der Waals surface area contributed by atoms with Crippen LogP contribution >= 0.6 is 0 Å². The minimum Gasteiger partial charge on any atom is -0.438 e. The summed E-state index contributed by atoms with van der Waals surface area (Å²) in [7, 11) is 0. The Balaban J connectivity index is 1.50. The number of amides is 1. The van der Waals surface area contributed by atoms with E-state index < -0.39 is 0 Å². The molecule has 0 fully saturated rings. The monoisotopic (exact) mass is 349 g/mol. The van der Waals surface area contributed by atoms with E-state index in [4.69, 9.17) is 4.74 Å². The third-order valence-electron chi connectivity index (χ3n) is 4.44. The molecule has 0 unspecified atom stereocenters. The van der Waals surface area contributed by atoms with E-state index in [1.807, 2.05) is 37.3 Å². The lowest BCUT2D eigenvalue weighted by Gasteiger charge is -2.25. The Morgan fingerprint density at radius 3 is 2.88 bits per heavy atom. The van der Waals surface area contributed by atoms with Gasteiger partial charge in [0, 0.05) is 25.2 Å². The molecule has 4 rings (SSSR count). The van der Waals surface area contributed by atoms with Crippen LogP contribution < -0.4 is 10.1 Å². The minimum atomic E-state index is -0.191. The minimum absolute atomic E-state index is 0.0227. The maximum atomic E-state index is 12.8. The first kappa shape index (κ1) is 16.3. The van der Waals surface area contributed by atoms with Gasteiger partial charge in [-0.15, -0.1) is 10.2 Å². The van der Waals surface area contributed by atoms with E-state index in [9.17, 15) is 4.79 Å². The second-order valence-corrected chi connectivity index (χ2v) is 6.25. The van der Waals surface area contributed by atoms with Crippen LogP contribution in [0, 0.1) is 6.92 Å². The number of aryl methyl sites for hydroxylation is 2. The summed E-state index contributed by atoms with van der Waals surface area (Å²) in [4.78, 5) is 17.0. The highest BCUT2D eigenvalue weighted by Gasteiger charge is 2.24. The van der Waals surface area contributed by atoms with Crippen molar-refractivity contribution >= 4 is 5.91 Å². The topological polar surface area (TPSA) is 81.9 Å². The Hall–Kier alpha value is -3.22. The van der Waals surface area contributed by atoms with Gasteiger partial charge < -0.3 is 14.6 Å². The second-order valence-electron chi connectivity index (χ2n) is 6.25. The van der Waals surface area contributed by atoms with Crippen molar-refractivity contribution in [1.29, 1.82) is 0 Å². The van der Waals surface area contributed by atoms with Gasteiger partial charge in [0.25, 0.3) is 5.91 Å². The number of carbonyl (C=O) groups excluding carboxylic acids is 1. The lowest BCUT2D eigenvalue weighted by atomic mass is 10.1. The maximum Gasteiger partial charge on any atom is 0.257 e. The number of para-hydroxylation sites is 1. The number of fused-ring (bicyclic) bond motifs is 1. The number of nitrogens with zero attached hydrogens (tertiary/aromatic N) is 4. The Kier molecular flexibility index (Phi) is 4.35. The molecule has 26 heavy (non-hydrogen) atoms. The molecule has 0 radical (unpaired) electrons. The maximum absolute atomic E-state index is 12.8. The zero-order valence-corrected chi connectivity index (χ0v) is 14.4. The molecule has 1 aliphatic heterocycles. The van der Waals surface area contributed by atoms with Crippen LogP contribution in [0.3, 0.4) is 0 Å². The van der Waals surface area contributed by atoms with Gasteiger partial charge in [-0.05, 0) is 37.6 Å². The molecule has 1 amide bonds. The summed E-state index contributed by atoms with van der Waals surface area (Å²) in [5, 5.41) is 11.3. The average molecular weight is 349 g/mol. The molecule has 7 heteroatoms. The van der Waals surface area contributed by atoms with Gasteiger partial charge >= 0.3 is 0 Å². The molecule has 7 nitrogen and oxygen atoms in total. The van der Waals surface area contributed by atoms with Crippen molar-refractivity contribution in [3.05, 3.63) is 65.9 Å². The van der Waals surface area contributed by atoms with Crippen molar-refractivity contribution in [2.24, 2.45) is 0 Å². The molecule has 0 saturated carbocycles. The summed E-state index contributed by atoms with van der Waals surface area (Å²) in [5.41, 5.74) is 0.419. The van der Waals surface area contributed by atoms with Crippen molar-refractivity contribution < 1.29 is 9.53 Å². The van der Waals surface area contributed by atoms with Gasteiger partial charge in [0.2, 0.25) is 5.88 Å². The normalized spacial score (nSPS) is 16.0. The van der Waals surface area contributed by atoms with Crippen molar-refractivity contribution in [1.82, 2.24) is 25.1 Å². The van der Waals surface area contributed by atoms with E-state index in [0.29, 0.717) is 23.7 Å². The zero-order valence-electron chi connectivity index (χ0n) is 14.4. The van der Waals surface area contributed by atoms with Gasteiger partial charge in [0.05, 0.1) is 0 Å². The van der Waals surface area contributed by atoms with Crippen LogP contribution in [0.25, 0.3) is 0 Å². The molecule has 0 bridgehead atoms. The van der Waals surface area contributed by atoms with Gasteiger partial charge in [-0.3, -0.25) is 4.79 Å². The first-order chi connectivity index (χ1) is 12.7. The number of carbonyl (C=O) groups is 1. The summed E-state index contributed by atoms with van der Waals surface area (Å²) >= 11 is 0. The predicted octanol–water partition coefficient (Wildman–Crippen LogP) is 2.52. The molecule has 0 aliphatic carbocycles. The van der Waals surface area contributed by atoms with Crippen LogP contribution in [0.5, 0.6) is 11.6 Å². The fraction of sp³-hybridized carbons (Fsp3) is 0.263. The van der Waals surface area contributed by atoms with Crippen LogP contribution in [0.4, 0.5) is 0 Å². The average Bonchev–Trinajstić information content (AvgIpc) is 3.03. The van der Waals surface area contributed by atoms with E-state index in [-0.39, 0.29) is 11.9 Å². The summed E-state index contributed by atoms with van der Waals surface area (Å²) in [6, 6.07) is 12.8. The molecule has 3 heterocycles. The number of nitrogens with one attached hydrogen (secondary N) is 1. The van der Waals surface area contributed by atoms with Crippen molar-refractivity contribution in [3.63, 3.8) is 0 Å². The van der Waals surface area contributed by atoms with E-state index in [2.05, 4.69) is 25.1 Å². The third kappa shape index (κ3) is 3.28. The summed E-state index contributed by atoms with van der Waals surface area (Å²) in [6.07, 6.45) is 3.24. The van der Waals surface area contributed by atoms with Gasteiger partial charge in [-0.25, -0.2) is 4.98 Å². The first-order valence-corrected chi connectivity index (χ1v) is 8.58. The summed E-state index contributed by atoms with van der Waals surface area (Å²) < 4.78 is 7.84. The number of benzene rings is 1. The number of ether oxygens (including phenoxy) is 1. The molecule has 3 aromatic rings. The Morgan fingerprint density at radius 1 is 1.19 bits per heavy atom. The van der Waals surface area contributed by atoms with Crippen LogP contribution in [-0.2, 0) is 13.0 Å². The molecule has 1 N–H and O–H groups in total. The fourth-order valence-electron chi connectivity index (χ4n) is 3.09. The third-order valence-corrected chi connectivity index (χ3v) is 4.44. The van der Waals surface area contributed by atoms with Crippen molar-refractivity contribution in [3.8, 4) is 11.6 Å². The molecular formula is C19H19N5O2. The Bertz CT molecular complexity index is 923. The number of aromatic nitrogens is 4. The highest BCUT2D eigenvalue weighted by molar-refractivity contribution is 5.96. The lowest BCUT2D eigenvalue weighted by Crippen LogP contribution is -2.41. The second kappa shape index (κ2) is 6.95. The first-order valence-electron chi connectivity index (χ1n) is 8.58. The smallest absolute Gasteiger partial charge is 0.257 e. The van der Waals surface area contributed by atoms with Crippen LogP contribution in [0.1, 0.15) is 28.4 Å². The molecule has 1 atom stereocenters. The Labute approximate surface area is 151 Å². The Morgan fingerprint density at radius 2 is 2.04 bits per heavy atom. The van der Waals surface area contributed by atoms with E-state index in [1.54, 1.807) is 18.3 Å². The lowest BCUT2D eigenvalue weighted by molar-refractivity contribution is 0.0924. The van der Waals surface area contributed by atoms with Crippen molar-refractivity contribution in [2.75, 3.05) is 0 Å². The molecule has 1 aliphatic rings. The molecule has 0 saturated heterocycles. The van der Waals surface area contributed by atoms with E-state index in [1.165, 1.54) is 0 Å². The molecule has 1 aromatic carbocycles. The highest BCUT2D eigenvalue weighted by atomic mass is 16.5. The fourth-order valence-corrected chi connectivity index (χ4v) is 3.09. The quantitative estimate of drug-likeness (QED) is 0.783. The SMILES string of the molecule is Cc1nnc2n1C[C@@H](NC(=O)c1cccnc1Oc1ccccc1)CC2. The molecular weight excluding hydrogens is 330 g/mol. The molecule has 2 aromatic heterocycles. The van der Waals surface area contributed by atoms with Crippen molar-refractivity contribution in [2.45, 2.75) is 32.4 Å². The number of hydrogen-bond donors (Lipinski definition) is 1. The zero-order chi connectivity index (χ0) is 17.9. The summed E-state index contributed by atoms with van der Waals surface area (Å²) in [5.74, 6) is 2.59. The summed E-state index contributed by atoms with van der Waals surface area (Å²) in [6.45, 7) is 2.60. The number of hydrogen-bond acceptors (Lipinski definition) is 5. The van der Waals surface area contributed by atoms with Gasteiger partial charge in [-0.1, -0.05) is 18.2 Å². The van der Waals surface area contributed by atoms with Gasteiger partial charge in [-0.2, -0.15) is 0 Å². The highest BCUT2D eigenvalue weighted by Crippen LogP contribution is 2.23. The van der Waals surface area contributed by atoms with Gasteiger partial charge in [0.1, 0.15) is 23.0 Å². The van der Waals surface area contributed by atoms with E-state index in [0.717, 1.165) is 24.5 Å². The van der Waals surface area contributed by atoms with E-state index >= 15 is 0 Å². The predicted molar refractivity (Wildman–Crippen MR) is 95.1 cm³/mol. The number of rotatable bonds is 4. The molecule has 132 valence electrons. The molecule has 0 spiro atoms. The standard InChI is InChI=1S/C19H19N5O2/c1-13-22-23-17-10-9-14(12-24(13)17)21-18(25)16-8-5-11-20-19(16)26-15-6-3-2-4-7-15/h2-8,11,14H,9-10,12H2,1H3,(H,21,25)/t14-/m0/s1.